The van der Waals surface area contributed by atoms with Gasteiger partial charge in [0.1, 0.15) is 11.5 Å². The Labute approximate surface area is 191 Å². The van der Waals surface area contributed by atoms with Crippen molar-refractivity contribution in [3.8, 4) is 11.5 Å². The Hall–Kier alpha value is -3.93. The molecule has 1 heterocycles. The Balaban J connectivity index is 1.41. The first-order valence-corrected chi connectivity index (χ1v) is 11.0. The smallest absolute Gasteiger partial charge is 0.254 e. The van der Waals surface area contributed by atoms with Gasteiger partial charge in [-0.1, -0.05) is 48.5 Å². The summed E-state index contributed by atoms with van der Waals surface area (Å²) in [5.41, 5.74) is 5.23. The molecule has 2 bridgehead atoms. The van der Waals surface area contributed by atoms with Crippen LogP contribution in [0.5, 0.6) is 11.5 Å². The van der Waals surface area contributed by atoms with Crippen molar-refractivity contribution in [3.05, 3.63) is 94.5 Å². The SMILES string of the molecule is COc1ccc(/C=N\N2C(=O)[C@H]3C4c5ccccc5C(c5ccccc54)[C@@H]3C2=O)c(OC)c1. The number of nitrogens with zero attached hydrogens (tertiary/aromatic N) is 2. The van der Waals surface area contributed by atoms with E-state index in [1.165, 1.54) is 6.21 Å². The third-order valence-electron chi connectivity index (χ3n) is 7.18. The van der Waals surface area contributed by atoms with Crippen molar-refractivity contribution in [1.82, 2.24) is 5.01 Å². The fraction of sp³-hybridized carbons (Fsp3) is 0.222. The first-order chi connectivity index (χ1) is 16.1. The molecule has 6 nitrogen and oxygen atoms in total. The molecule has 6 heteroatoms. The third kappa shape index (κ3) is 2.70. The number of imide groups is 1. The average Bonchev–Trinajstić information content (AvgIpc) is 3.12. The van der Waals surface area contributed by atoms with Crippen molar-refractivity contribution in [2.75, 3.05) is 14.2 Å². The van der Waals surface area contributed by atoms with Crippen LogP contribution in [0.2, 0.25) is 0 Å². The molecule has 33 heavy (non-hydrogen) atoms. The molecule has 2 amide bonds. The molecule has 2 atom stereocenters. The zero-order valence-electron chi connectivity index (χ0n) is 18.3. The van der Waals surface area contributed by atoms with Gasteiger partial charge in [-0.05, 0) is 34.4 Å². The predicted molar refractivity (Wildman–Crippen MR) is 123 cm³/mol. The van der Waals surface area contributed by atoms with Crippen LogP contribution in [0.25, 0.3) is 0 Å². The van der Waals surface area contributed by atoms with Gasteiger partial charge >= 0.3 is 0 Å². The van der Waals surface area contributed by atoms with Crippen molar-refractivity contribution in [2.24, 2.45) is 16.9 Å². The van der Waals surface area contributed by atoms with Gasteiger partial charge in [-0.25, -0.2) is 0 Å². The van der Waals surface area contributed by atoms with Gasteiger partial charge in [0.2, 0.25) is 0 Å². The Morgan fingerprint density at radius 3 is 1.73 bits per heavy atom. The molecule has 0 saturated carbocycles. The largest absolute Gasteiger partial charge is 0.497 e. The fourth-order valence-corrected chi connectivity index (χ4v) is 5.82. The van der Waals surface area contributed by atoms with Gasteiger partial charge in [-0.3, -0.25) is 9.59 Å². The molecule has 0 aromatic heterocycles. The molecule has 0 N–H and O–H groups in total. The second kappa shape index (κ2) is 7.30. The van der Waals surface area contributed by atoms with Crippen molar-refractivity contribution in [1.29, 1.82) is 0 Å². The third-order valence-corrected chi connectivity index (χ3v) is 7.18. The lowest BCUT2D eigenvalue weighted by molar-refractivity contribution is -0.139. The van der Waals surface area contributed by atoms with Crippen LogP contribution in [0.4, 0.5) is 0 Å². The molecule has 3 aliphatic carbocycles. The second-order valence-electron chi connectivity index (χ2n) is 8.61. The lowest BCUT2D eigenvalue weighted by atomic mass is 9.55. The van der Waals surface area contributed by atoms with Crippen LogP contribution >= 0.6 is 0 Å². The Kier molecular flexibility index (Phi) is 4.37. The Morgan fingerprint density at radius 1 is 0.758 bits per heavy atom. The second-order valence-corrected chi connectivity index (χ2v) is 8.61. The van der Waals surface area contributed by atoms with E-state index in [1.807, 2.05) is 24.3 Å². The van der Waals surface area contributed by atoms with Gasteiger partial charge in [0, 0.05) is 23.5 Å². The number of hydrogen-bond donors (Lipinski definition) is 0. The zero-order valence-corrected chi connectivity index (χ0v) is 18.3. The maximum absolute atomic E-state index is 13.6. The lowest BCUT2D eigenvalue weighted by Crippen LogP contribution is -2.41. The topological polar surface area (TPSA) is 68.2 Å². The molecule has 1 saturated heterocycles. The number of carbonyl (C=O) groups is 2. The summed E-state index contributed by atoms with van der Waals surface area (Å²) < 4.78 is 10.7. The average molecular weight is 438 g/mol. The molecule has 164 valence electrons. The highest BCUT2D eigenvalue weighted by atomic mass is 16.5. The highest BCUT2D eigenvalue weighted by Gasteiger charge is 2.61. The van der Waals surface area contributed by atoms with Crippen LogP contribution in [0.1, 0.15) is 39.7 Å². The van der Waals surface area contributed by atoms with Gasteiger partial charge in [-0.2, -0.15) is 10.1 Å². The minimum Gasteiger partial charge on any atom is -0.497 e. The summed E-state index contributed by atoms with van der Waals surface area (Å²) in [7, 11) is 3.13. The minimum atomic E-state index is -0.442. The van der Waals surface area contributed by atoms with Crippen LogP contribution in [-0.2, 0) is 9.59 Å². The number of methoxy groups -OCH3 is 2. The lowest BCUT2D eigenvalue weighted by Gasteiger charge is -2.45. The molecule has 3 aromatic rings. The molecule has 1 aliphatic heterocycles. The van der Waals surface area contributed by atoms with E-state index in [4.69, 9.17) is 9.47 Å². The molecular weight excluding hydrogens is 416 g/mol. The van der Waals surface area contributed by atoms with Gasteiger partial charge in [0.05, 0.1) is 32.3 Å². The number of ether oxygens (including phenoxy) is 2. The van der Waals surface area contributed by atoms with Gasteiger partial charge in [-0.15, -0.1) is 0 Å². The highest BCUT2D eigenvalue weighted by molar-refractivity contribution is 6.08. The number of hydrazone groups is 1. The summed E-state index contributed by atoms with van der Waals surface area (Å²) in [4.78, 5) is 27.2. The molecule has 4 aliphatic rings. The van der Waals surface area contributed by atoms with E-state index in [-0.39, 0.29) is 23.7 Å². The summed E-state index contributed by atoms with van der Waals surface area (Å²) >= 11 is 0. The van der Waals surface area contributed by atoms with Crippen molar-refractivity contribution < 1.29 is 19.1 Å². The summed E-state index contributed by atoms with van der Waals surface area (Å²) in [6.07, 6.45) is 1.51. The van der Waals surface area contributed by atoms with Crippen LogP contribution in [0.15, 0.2) is 71.8 Å². The first-order valence-electron chi connectivity index (χ1n) is 11.0. The zero-order chi connectivity index (χ0) is 22.7. The highest BCUT2D eigenvalue weighted by Crippen LogP contribution is 2.60. The van der Waals surface area contributed by atoms with E-state index in [0.717, 1.165) is 27.3 Å². The van der Waals surface area contributed by atoms with Gasteiger partial charge in [0.25, 0.3) is 11.8 Å². The number of amides is 2. The molecule has 0 radical (unpaired) electrons. The van der Waals surface area contributed by atoms with Crippen molar-refractivity contribution >= 4 is 18.0 Å². The fourth-order valence-electron chi connectivity index (χ4n) is 5.82. The quantitative estimate of drug-likeness (QED) is 0.457. The molecular formula is C27H22N2O4. The Bertz CT molecular complexity index is 1220. The summed E-state index contributed by atoms with van der Waals surface area (Å²) in [6.45, 7) is 0. The number of hydrogen-bond acceptors (Lipinski definition) is 5. The van der Waals surface area contributed by atoms with E-state index < -0.39 is 11.8 Å². The van der Waals surface area contributed by atoms with E-state index >= 15 is 0 Å². The number of rotatable bonds is 4. The predicted octanol–water partition coefficient (Wildman–Crippen LogP) is 3.93. The molecule has 0 spiro atoms. The normalized spacial score (nSPS) is 24.6. The van der Waals surface area contributed by atoms with Gasteiger partial charge < -0.3 is 9.47 Å². The van der Waals surface area contributed by atoms with Crippen molar-refractivity contribution in [2.45, 2.75) is 11.8 Å². The van der Waals surface area contributed by atoms with Crippen LogP contribution in [-0.4, -0.2) is 37.3 Å². The molecule has 3 aromatic carbocycles. The van der Waals surface area contributed by atoms with Crippen LogP contribution in [0, 0.1) is 11.8 Å². The van der Waals surface area contributed by atoms with Crippen LogP contribution < -0.4 is 9.47 Å². The summed E-state index contributed by atoms with van der Waals surface area (Å²) in [5.74, 6) is -0.450. The first kappa shape index (κ1) is 19.7. The molecule has 0 unspecified atom stereocenters. The van der Waals surface area contributed by atoms with E-state index in [2.05, 4.69) is 29.4 Å². The van der Waals surface area contributed by atoms with E-state index in [9.17, 15) is 9.59 Å². The standard InChI is InChI=1S/C27H22N2O4/c1-32-16-12-11-15(21(13-16)33-2)14-28-29-26(30)24-22-17-7-3-4-8-18(17)23(25(24)27(29)31)20-10-6-5-9-19(20)22/h3-14,22-25H,1-2H3/b28-14-/t22?,23?,24-,25-/m0/s1. The summed E-state index contributed by atoms with van der Waals surface area (Å²) in [5, 5.41) is 5.42. The van der Waals surface area contributed by atoms with E-state index in [0.29, 0.717) is 17.1 Å². The number of benzene rings is 3. The van der Waals surface area contributed by atoms with E-state index in [1.54, 1.807) is 32.4 Å². The maximum Gasteiger partial charge on any atom is 0.254 e. The van der Waals surface area contributed by atoms with Crippen LogP contribution in [0.3, 0.4) is 0 Å². The molecule has 1 fully saturated rings. The Morgan fingerprint density at radius 2 is 1.27 bits per heavy atom. The monoisotopic (exact) mass is 438 g/mol. The number of carbonyl (C=O) groups excluding carboxylic acids is 2. The maximum atomic E-state index is 13.6. The summed E-state index contributed by atoms with van der Waals surface area (Å²) in [6, 6.07) is 21.7. The molecule has 7 rings (SSSR count). The van der Waals surface area contributed by atoms with Crippen molar-refractivity contribution in [3.63, 3.8) is 0 Å². The minimum absolute atomic E-state index is 0.139. The van der Waals surface area contributed by atoms with Gasteiger partial charge in [0.15, 0.2) is 0 Å².